The van der Waals surface area contributed by atoms with Crippen molar-refractivity contribution in [2.45, 2.75) is 15.4 Å². The molecule has 1 nitrogen and oxygen atoms in total. The Morgan fingerprint density at radius 1 is 0.864 bits per heavy atom. The molecular formula is C19H15NS2. The zero-order valence-corrected chi connectivity index (χ0v) is 13.6. The first-order valence-corrected chi connectivity index (χ1v) is 9.36. The maximum atomic E-state index is 5.29. The normalized spacial score (nSPS) is 34.7. The highest BCUT2D eigenvalue weighted by molar-refractivity contribution is 8.16. The molecule has 22 heavy (non-hydrogen) atoms. The Balaban J connectivity index is 1.69. The van der Waals surface area contributed by atoms with Crippen molar-refractivity contribution in [1.82, 2.24) is 0 Å². The van der Waals surface area contributed by atoms with E-state index in [1.807, 2.05) is 23.5 Å². The second-order valence-electron chi connectivity index (χ2n) is 5.92. The highest BCUT2D eigenvalue weighted by Gasteiger charge is 2.59. The van der Waals surface area contributed by atoms with Gasteiger partial charge in [-0.1, -0.05) is 72.8 Å². The van der Waals surface area contributed by atoms with Crippen molar-refractivity contribution < 1.29 is 0 Å². The third-order valence-corrected chi connectivity index (χ3v) is 7.94. The van der Waals surface area contributed by atoms with Crippen LogP contribution in [0.5, 0.6) is 0 Å². The lowest BCUT2D eigenvalue weighted by Gasteiger charge is -2.35. The Labute approximate surface area is 138 Å². The molecule has 2 heterocycles. The molecule has 2 aromatic carbocycles. The number of rotatable bonds is 2. The van der Waals surface area contributed by atoms with Crippen LogP contribution in [0.4, 0.5) is 0 Å². The number of nitrogens with zero attached hydrogens (tertiary/aromatic N) is 1. The molecule has 1 fully saturated rings. The van der Waals surface area contributed by atoms with Crippen LogP contribution in [0.2, 0.25) is 0 Å². The molecule has 0 saturated carbocycles. The molecule has 0 N–H and O–H groups in total. The lowest BCUT2D eigenvalue weighted by Crippen LogP contribution is -2.33. The summed E-state index contributed by atoms with van der Waals surface area (Å²) in [4.78, 5) is 5.16. The Morgan fingerprint density at radius 2 is 1.59 bits per heavy atom. The monoisotopic (exact) mass is 321 g/mol. The van der Waals surface area contributed by atoms with E-state index < -0.39 is 0 Å². The highest BCUT2D eigenvalue weighted by atomic mass is 32.2. The molecular weight excluding hydrogens is 306 g/mol. The summed E-state index contributed by atoms with van der Waals surface area (Å²) in [6, 6.07) is 21.5. The summed E-state index contributed by atoms with van der Waals surface area (Å²) in [5.41, 5.74) is 2.59. The fourth-order valence-corrected chi connectivity index (χ4v) is 7.21. The summed E-state index contributed by atoms with van der Waals surface area (Å²) in [5, 5.41) is 2.41. The van der Waals surface area contributed by atoms with E-state index in [4.69, 9.17) is 4.99 Å². The van der Waals surface area contributed by atoms with Crippen LogP contribution < -0.4 is 0 Å². The van der Waals surface area contributed by atoms with Crippen LogP contribution in [0.3, 0.4) is 0 Å². The van der Waals surface area contributed by atoms with Gasteiger partial charge in [0, 0.05) is 22.0 Å². The smallest absolute Gasteiger partial charge is 0.140 e. The van der Waals surface area contributed by atoms with Crippen LogP contribution in [0, 0.1) is 5.92 Å². The summed E-state index contributed by atoms with van der Waals surface area (Å²) in [7, 11) is 0. The van der Waals surface area contributed by atoms with Crippen LogP contribution in [0.25, 0.3) is 0 Å². The van der Waals surface area contributed by atoms with Gasteiger partial charge in [0.1, 0.15) is 9.91 Å². The molecule has 4 bridgehead atoms. The average molecular weight is 321 g/mol. The highest BCUT2D eigenvalue weighted by Crippen LogP contribution is 2.65. The quantitative estimate of drug-likeness (QED) is 0.743. The summed E-state index contributed by atoms with van der Waals surface area (Å²) >= 11 is 4.00. The second kappa shape index (κ2) is 4.77. The van der Waals surface area contributed by atoms with Crippen molar-refractivity contribution in [3.63, 3.8) is 0 Å². The van der Waals surface area contributed by atoms with Crippen LogP contribution in [0.15, 0.2) is 77.8 Å². The Bertz CT molecular complexity index is 769. The van der Waals surface area contributed by atoms with Gasteiger partial charge in [-0.25, -0.2) is 0 Å². The fourth-order valence-electron chi connectivity index (χ4n) is 3.66. The van der Waals surface area contributed by atoms with E-state index in [1.54, 1.807) is 0 Å². The fraction of sp³-hybridized carbons (Fsp3) is 0.211. The number of hydrogen-bond acceptors (Lipinski definition) is 3. The van der Waals surface area contributed by atoms with Gasteiger partial charge in [0.2, 0.25) is 0 Å². The van der Waals surface area contributed by atoms with Crippen LogP contribution in [-0.4, -0.2) is 15.5 Å². The maximum absolute atomic E-state index is 5.29. The Kier molecular flexibility index (Phi) is 2.83. The molecule has 0 aromatic heterocycles. The molecule has 3 aliphatic rings. The lowest BCUT2D eigenvalue weighted by molar-refractivity contribution is 0.505. The van der Waals surface area contributed by atoms with Gasteiger partial charge in [0.25, 0.3) is 0 Å². The second-order valence-corrected chi connectivity index (χ2v) is 8.49. The predicted molar refractivity (Wildman–Crippen MR) is 96.5 cm³/mol. The molecule has 4 atom stereocenters. The zero-order chi connectivity index (χ0) is 14.6. The SMILES string of the molecule is C1=CC2C3SC(c4ccccc4)=NC2(c2ccccc2)SC13. The summed E-state index contributed by atoms with van der Waals surface area (Å²) in [5.74, 6) is 0.516. The maximum Gasteiger partial charge on any atom is 0.140 e. The first-order valence-electron chi connectivity index (χ1n) is 7.60. The molecule has 0 radical (unpaired) electrons. The molecule has 1 aliphatic carbocycles. The van der Waals surface area contributed by atoms with Crippen molar-refractivity contribution in [2.24, 2.45) is 10.9 Å². The minimum Gasteiger partial charge on any atom is -0.255 e. The Morgan fingerprint density at radius 3 is 2.36 bits per heavy atom. The predicted octanol–water partition coefficient (Wildman–Crippen LogP) is 4.70. The van der Waals surface area contributed by atoms with Gasteiger partial charge in [-0.15, -0.1) is 23.5 Å². The van der Waals surface area contributed by atoms with Gasteiger partial charge in [0.05, 0.1) is 0 Å². The van der Waals surface area contributed by atoms with Gasteiger partial charge in [-0.05, 0) is 5.56 Å². The minimum atomic E-state index is -0.123. The molecule has 2 aliphatic heterocycles. The van der Waals surface area contributed by atoms with Gasteiger partial charge in [-0.2, -0.15) is 0 Å². The van der Waals surface area contributed by atoms with Crippen molar-refractivity contribution in [2.75, 3.05) is 0 Å². The molecule has 0 amide bonds. The molecule has 2 aromatic rings. The molecule has 5 rings (SSSR count). The number of aliphatic imine (C=N–C) groups is 1. The lowest BCUT2D eigenvalue weighted by atomic mass is 9.92. The van der Waals surface area contributed by atoms with E-state index in [2.05, 4.69) is 72.8 Å². The van der Waals surface area contributed by atoms with Crippen molar-refractivity contribution in [1.29, 1.82) is 0 Å². The van der Waals surface area contributed by atoms with E-state index in [0.29, 0.717) is 16.4 Å². The van der Waals surface area contributed by atoms with Gasteiger partial charge in [0.15, 0.2) is 0 Å². The zero-order valence-electron chi connectivity index (χ0n) is 11.9. The molecule has 1 saturated heterocycles. The molecule has 108 valence electrons. The van der Waals surface area contributed by atoms with E-state index in [1.165, 1.54) is 16.2 Å². The standard InChI is InChI=1S/C19H15NS2/c1-3-7-13(8-4-1)18-20-19(14-9-5-2-6-10-14)15-11-12-16(22-19)17(15)21-18/h1-12,15-17H. The van der Waals surface area contributed by atoms with Gasteiger partial charge < -0.3 is 0 Å². The van der Waals surface area contributed by atoms with Crippen LogP contribution in [-0.2, 0) is 4.87 Å². The topological polar surface area (TPSA) is 12.4 Å². The first-order chi connectivity index (χ1) is 10.9. The third kappa shape index (κ3) is 1.73. The number of thioether (sulfide) groups is 2. The van der Waals surface area contributed by atoms with Crippen molar-refractivity contribution >= 4 is 28.6 Å². The molecule has 3 heteroatoms. The van der Waals surface area contributed by atoms with E-state index >= 15 is 0 Å². The minimum absolute atomic E-state index is 0.123. The van der Waals surface area contributed by atoms with E-state index in [0.717, 1.165) is 0 Å². The summed E-state index contributed by atoms with van der Waals surface area (Å²) in [6.45, 7) is 0. The van der Waals surface area contributed by atoms with Crippen molar-refractivity contribution in [3.05, 3.63) is 83.9 Å². The Hall–Kier alpha value is -1.45. The van der Waals surface area contributed by atoms with Gasteiger partial charge >= 0.3 is 0 Å². The largest absolute Gasteiger partial charge is 0.255 e. The number of hydrogen-bond donors (Lipinski definition) is 0. The van der Waals surface area contributed by atoms with Crippen LogP contribution in [0.1, 0.15) is 11.1 Å². The number of benzene rings is 2. The van der Waals surface area contributed by atoms with Crippen molar-refractivity contribution in [3.8, 4) is 0 Å². The van der Waals surface area contributed by atoms with Gasteiger partial charge in [-0.3, -0.25) is 4.99 Å². The van der Waals surface area contributed by atoms with E-state index in [9.17, 15) is 0 Å². The molecule has 4 unspecified atom stereocenters. The van der Waals surface area contributed by atoms with E-state index in [-0.39, 0.29) is 4.87 Å². The first kappa shape index (κ1) is 13.0. The molecule has 0 spiro atoms. The average Bonchev–Trinajstić information content (AvgIpc) is 3.07. The third-order valence-electron chi connectivity index (χ3n) is 4.68. The van der Waals surface area contributed by atoms with Crippen LogP contribution >= 0.6 is 23.5 Å². The summed E-state index contributed by atoms with van der Waals surface area (Å²) in [6.07, 6.45) is 4.79. The summed E-state index contributed by atoms with van der Waals surface area (Å²) < 4.78 is 0.